The summed E-state index contributed by atoms with van der Waals surface area (Å²) in [5.74, 6) is 0.778. The summed E-state index contributed by atoms with van der Waals surface area (Å²) >= 11 is 9.20. The van der Waals surface area contributed by atoms with Gasteiger partial charge in [-0.1, -0.05) is 11.6 Å². The van der Waals surface area contributed by atoms with Crippen LogP contribution >= 0.6 is 58.3 Å². The molecule has 2 rings (SSSR count). The van der Waals surface area contributed by atoms with E-state index < -0.39 is 0 Å². The normalized spacial score (nSPS) is 11.1. The Morgan fingerprint density at radius 3 is 2.48 bits per heavy atom. The number of aryl methyl sites for hydroxylation is 2. The molecule has 2 heterocycles. The van der Waals surface area contributed by atoms with E-state index in [0.717, 1.165) is 34.1 Å². The lowest BCUT2D eigenvalue weighted by Gasteiger charge is -2.10. The number of aliphatic imine (C=N–C) groups is 1. The molecule has 21 heavy (non-hydrogen) atoms. The SMILES string of the molecule is CN=C(NCc1ccc(Cl)s1)NCc1sc(C)nc1C.I. The van der Waals surface area contributed by atoms with Gasteiger partial charge in [0, 0.05) is 16.8 Å². The molecule has 0 amide bonds. The number of thiophene rings is 1. The summed E-state index contributed by atoms with van der Waals surface area (Å²) in [7, 11) is 1.77. The molecule has 2 aromatic heterocycles. The van der Waals surface area contributed by atoms with E-state index in [1.807, 2.05) is 26.0 Å². The Kier molecular flexibility index (Phi) is 7.93. The van der Waals surface area contributed by atoms with Gasteiger partial charge in [-0.3, -0.25) is 4.99 Å². The number of hydrogen-bond acceptors (Lipinski definition) is 4. The van der Waals surface area contributed by atoms with Crippen LogP contribution in [0.5, 0.6) is 0 Å². The van der Waals surface area contributed by atoms with Crippen molar-refractivity contribution < 1.29 is 0 Å². The minimum Gasteiger partial charge on any atom is -0.352 e. The molecule has 8 heteroatoms. The highest BCUT2D eigenvalue weighted by Gasteiger charge is 2.06. The van der Waals surface area contributed by atoms with Crippen LogP contribution in [-0.2, 0) is 13.1 Å². The molecule has 0 aliphatic carbocycles. The van der Waals surface area contributed by atoms with Gasteiger partial charge in [-0.05, 0) is 26.0 Å². The molecule has 0 unspecified atom stereocenters. The molecule has 0 aliphatic rings. The molecule has 0 saturated carbocycles. The van der Waals surface area contributed by atoms with Gasteiger partial charge in [0.25, 0.3) is 0 Å². The van der Waals surface area contributed by atoms with Crippen LogP contribution in [0.3, 0.4) is 0 Å². The maximum Gasteiger partial charge on any atom is 0.191 e. The average molecular weight is 457 g/mol. The van der Waals surface area contributed by atoms with Crippen molar-refractivity contribution in [2.75, 3.05) is 7.05 Å². The molecule has 0 aromatic carbocycles. The zero-order chi connectivity index (χ0) is 14.5. The highest BCUT2D eigenvalue weighted by atomic mass is 127. The van der Waals surface area contributed by atoms with Crippen molar-refractivity contribution in [3.05, 3.63) is 36.9 Å². The molecule has 0 saturated heterocycles. The Morgan fingerprint density at radius 2 is 1.95 bits per heavy atom. The summed E-state index contributed by atoms with van der Waals surface area (Å²) in [6.07, 6.45) is 0. The number of halogens is 2. The van der Waals surface area contributed by atoms with Gasteiger partial charge in [0.1, 0.15) is 0 Å². The van der Waals surface area contributed by atoms with Crippen molar-refractivity contribution in [2.24, 2.45) is 4.99 Å². The van der Waals surface area contributed by atoms with Crippen LogP contribution in [0.25, 0.3) is 0 Å². The minimum absolute atomic E-state index is 0. The molecule has 0 fully saturated rings. The molecule has 0 aliphatic heterocycles. The number of aromatic nitrogens is 1. The zero-order valence-electron chi connectivity index (χ0n) is 12.1. The fourth-order valence-corrected chi connectivity index (χ4v) is 3.64. The van der Waals surface area contributed by atoms with Crippen molar-refractivity contribution in [3.8, 4) is 0 Å². The molecule has 116 valence electrons. The quantitative estimate of drug-likeness (QED) is 0.416. The van der Waals surface area contributed by atoms with Crippen LogP contribution in [0.1, 0.15) is 20.5 Å². The van der Waals surface area contributed by atoms with E-state index in [4.69, 9.17) is 11.6 Å². The lowest BCUT2D eigenvalue weighted by Crippen LogP contribution is -2.36. The second-order valence-corrected chi connectivity index (χ2v) is 7.31. The van der Waals surface area contributed by atoms with Gasteiger partial charge in [-0.15, -0.1) is 46.7 Å². The first-order valence-corrected chi connectivity index (χ1v) is 8.21. The van der Waals surface area contributed by atoms with Gasteiger partial charge in [-0.2, -0.15) is 0 Å². The van der Waals surface area contributed by atoms with Gasteiger partial charge in [0.15, 0.2) is 5.96 Å². The number of nitrogens with zero attached hydrogens (tertiary/aromatic N) is 2. The number of rotatable bonds is 4. The smallest absolute Gasteiger partial charge is 0.191 e. The van der Waals surface area contributed by atoms with E-state index in [1.165, 1.54) is 9.75 Å². The van der Waals surface area contributed by atoms with Crippen molar-refractivity contribution in [1.29, 1.82) is 0 Å². The fourth-order valence-electron chi connectivity index (χ4n) is 1.74. The predicted octanol–water partition coefficient (Wildman–Crippen LogP) is 3.96. The summed E-state index contributed by atoms with van der Waals surface area (Å²) < 4.78 is 0.806. The molecule has 0 radical (unpaired) electrons. The number of hydrogen-bond donors (Lipinski definition) is 2. The summed E-state index contributed by atoms with van der Waals surface area (Å²) in [6.45, 7) is 5.51. The lowest BCUT2D eigenvalue weighted by atomic mass is 10.4. The van der Waals surface area contributed by atoms with Crippen LogP contribution < -0.4 is 10.6 Å². The second kappa shape index (κ2) is 8.92. The van der Waals surface area contributed by atoms with Gasteiger partial charge in [-0.25, -0.2) is 4.98 Å². The Labute approximate surface area is 155 Å². The zero-order valence-corrected chi connectivity index (χ0v) is 16.8. The van der Waals surface area contributed by atoms with Crippen molar-refractivity contribution in [3.63, 3.8) is 0 Å². The highest BCUT2D eigenvalue weighted by Crippen LogP contribution is 2.21. The first-order valence-electron chi connectivity index (χ1n) is 6.20. The van der Waals surface area contributed by atoms with E-state index in [9.17, 15) is 0 Å². The van der Waals surface area contributed by atoms with E-state index in [0.29, 0.717) is 0 Å². The Morgan fingerprint density at radius 1 is 1.24 bits per heavy atom. The molecule has 0 spiro atoms. The van der Waals surface area contributed by atoms with Crippen LogP contribution in [0, 0.1) is 13.8 Å². The third-order valence-corrected chi connectivity index (χ3v) is 5.00. The first kappa shape index (κ1) is 18.7. The molecule has 2 N–H and O–H groups in total. The fraction of sp³-hybridized carbons (Fsp3) is 0.385. The molecular weight excluding hydrogens is 439 g/mol. The number of thiazole rings is 1. The second-order valence-electron chi connectivity index (χ2n) is 4.23. The van der Waals surface area contributed by atoms with Crippen LogP contribution in [0.15, 0.2) is 17.1 Å². The molecule has 0 atom stereocenters. The van der Waals surface area contributed by atoms with Crippen molar-refractivity contribution in [2.45, 2.75) is 26.9 Å². The Hall–Kier alpha value is -0.380. The van der Waals surface area contributed by atoms with Gasteiger partial charge in [0.05, 0.1) is 28.1 Å². The van der Waals surface area contributed by atoms with Gasteiger partial charge >= 0.3 is 0 Å². The Bertz CT molecular complexity index is 609. The van der Waals surface area contributed by atoms with E-state index in [1.54, 1.807) is 29.7 Å². The standard InChI is InChI=1S/C13H17ClN4S2.HI/c1-8-11(19-9(2)18-8)7-17-13(15-3)16-6-10-4-5-12(14)20-10;/h4-5H,6-7H2,1-3H3,(H2,15,16,17);1H. The molecule has 0 bridgehead atoms. The molecule has 4 nitrogen and oxygen atoms in total. The molecular formula is C13H18ClIN4S2. The monoisotopic (exact) mass is 456 g/mol. The van der Waals surface area contributed by atoms with Crippen LogP contribution in [0.2, 0.25) is 4.34 Å². The van der Waals surface area contributed by atoms with Gasteiger partial charge in [0.2, 0.25) is 0 Å². The number of nitrogens with one attached hydrogen (secondary N) is 2. The van der Waals surface area contributed by atoms with E-state index >= 15 is 0 Å². The van der Waals surface area contributed by atoms with Crippen LogP contribution in [0.4, 0.5) is 0 Å². The third-order valence-electron chi connectivity index (χ3n) is 2.70. The number of guanidine groups is 1. The summed E-state index contributed by atoms with van der Waals surface area (Å²) in [6, 6.07) is 3.92. The lowest BCUT2D eigenvalue weighted by molar-refractivity contribution is 0.818. The largest absolute Gasteiger partial charge is 0.352 e. The molecule has 2 aromatic rings. The van der Waals surface area contributed by atoms with Gasteiger partial charge < -0.3 is 10.6 Å². The van der Waals surface area contributed by atoms with Crippen molar-refractivity contribution in [1.82, 2.24) is 15.6 Å². The van der Waals surface area contributed by atoms with Crippen molar-refractivity contribution >= 4 is 64.2 Å². The average Bonchev–Trinajstić information content (AvgIpc) is 2.96. The van der Waals surface area contributed by atoms with E-state index in [2.05, 4.69) is 20.6 Å². The first-order chi connectivity index (χ1) is 9.58. The highest BCUT2D eigenvalue weighted by molar-refractivity contribution is 14.0. The summed E-state index contributed by atoms with van der Waals surface area (Å²) in [5, 5.41) is 7.66. The predicted molar refractivity (Wildman–Crippen MR) is 103 cm³/mol. The van der Waals surface area contributed by atoms with E-state index in [-0.39, 0.29) is 24.0 Å². The third kappa shape index (κ3) is 5.72. The maximum absolute atomic E-state index is 5.91. The maximum atomic E-state index is 5.91. The summed E-state index contributed by atoms with van der Waals surface area (Å²) in [5.41, 5.74) is 1.08. The topological polar surface area (TPSA) is 49.3 Å². The Balaban J connectivity index is 0.00000220. The minimum atomic E-state index is 0. The van der Waals surface area contributed by atoms with Crippen LogP contribution in [-0.4, -0.2) is 18.0 Å². The summed E-state index contributed by atoms with van der Waals surface area (Å²) in [4.78, 5) is 11.1.